The molecular weight excluding hydrogens is 617 g/mol. The van der Waals surface area contributed by atoms with E-state index in [-0.39, 0.29) is 5.41 Å². The highest BCUT2D eigenvalue weighted by Crippen LogP contribution is 2.58. The molecule has 0 saturated heterocycles. The molecule has 0 atom stereocenters. The van der Waals surface area contributed by atoms with Gasteiger partial charge in [-0.3, -0.25) is 0 Å². The van der Waals surface area contributed by atoms with Crippen molar-refractivity contribution >= 4 is 54.4 Å². The molecule has 10 aromatic rings. The summed E-state index contributed by atoms with van der Waals surface area (Å²) in [6.07, 6.45) is 0. The average molecular weight is 649 g/mol. The molecule has 51 heavy (non-hydrogen) atoms. The molecule has 0 fully saturated rings. The number of aromatic nitrogens is 2. The fourth-order valence-corrected chi connectivity index (χ4v) is 10.0. The number of benzene rings is 8. The molecule has 2 aromatic heterocycles. The van der Waals surface area contributed by atoms with Crippen LogP contribution >= 0.6 is 0 Å². The van der Waals surface area contributed by atoms with Crippen molar-refractivity contribution in [2.75, 3.05) is 0 Å². The van der Waals surface area contributed by atoms with Gasteiger partial charge in [-0.15, -0.1) is 0 Å². The third kappa shape index (κ3) is 3.24. The van der Waals surface area contributed by atoms with E-state index in [9.17, 15) is 0 Å². The normalized spacial score (nSPS) is 13.8. The summed E-state index contributed by atoms with van der Waals surface area (Å²) in [5.74, 6) is 0. The van der Waals surface area contributed by atoms with E-state index in [0.717, 1.165) is 0 Å². The first-order valence-electron chi connectivity index (χ1n) is 18.0. The van der Waals surface area contributed by atoms with Crippen LogP contribution in [0.15, 0.2) is 158 Å². The Morgan fingerprint density at radius 1 is 0.392 bits per heavy atom. The number of para-hydroxylation sites is 3. The smallest absolute Gasteiger partial charge is 0.0645 e. The Kier molecular flexibility index (Phi) is 5.08. The lowest BCUT2D eigenvalue weighted by Crippen LogP contribution is -2.15. The molecule has 0 unspecified atom stereocenters. The van der Waals surface area contributed by atoms with Crippen molar-refractivity contribution in [2.24, 2.45) is 0 Å². The molecule has 0 saturated carbocycles. The predicted octanol–water partition coefficient (Wildman–Crippen LogP) is 13.0. The van der Waals surface area contributed by atoms with Crippen LogP contribution in [-0.2, 0) is 5.41 Å². The minimum Gasteiger partial charge on any atom is -0.309 e. The van der Waals surface area contributed by atoms with E-state index >= 15 is 0 Å². The highest BCUT2D eigenvalue weighted by atomic mass is 15.0. The lowest BCUT2D eigenvalue weighted by Gasteiger charge is -2.23. The standard InChI is InChI=1S/C49H32N2/c1-49(2)38-24-11-8-19-34(38)43-46(49)44-36-20-9-13-26-40(36)51(41-28-27-33-31-18-7-6-17-30(31)32-22-14-23-35(41)42(32)33)48(44)45-37-21-10-12-25-39(37)50(47(43)45)29-15-4-3-5-16-29/h3-28H,1-2H3. The van der Waals surface area contributed by atoms with Gasteiger partial charge < -0.3 is 9.13 Å². The summed E-state index contributed by atoms with van der Waals surface area (Å²) in [6.45, 7) is 4.86. The second-order valence-electron chi connectivity index (χ2n) is 14.8. The fraction of sp³-hybridized carbons (Fsp3) is 0.0612. The van der Waals surface area contributed by atoms with Gasteiger partial charge in [0.2, 0.25) is 0 Å². The number of nitrogens with zero attached hydrogens (tertiary/aromatic N) is 2. The summed E-state index contributed by atoms with van der Waals surface area (Å²) >= 11 is 0. The summed E-state index contributed by atoms with van der Waals surface area (Å²) in [7, 11) is 0. The van der Waals surface area contributed by atoms with Gasteiger partial charge in [0.15, 0.2) is 0 Å². The van der Waals surface area contributed by atoms with E-state index in [2.05, 4.69) is 181 Å². The van der Waals surface area contributed by atoms with Gasteiger partial charge in [0.25, 0.3) is 0 Å². The lowest BCUT2D eigenvalue weighted by atomic mass is 9.80. The monoisotopic (exact) mass is 648 g/mol. The largest absolute Gasteiger partial charge is 0.309 e. The van der Waals surface area contributed by atoms with E-state index < -0.39 is 0 Å². The van der Waals surface area contributed by atoms with Crippen LogP contribution in [0.3, 0.4) is 0 Å². The van der Waals surface area contributed by atoms with Gasteiger partial charge >= 0.3 is 0 Å². The molecule has 0 amide bonds. The molecule has 2 aliphatic carbocycles. The summed E-state index contributed by atoms with van der Waals surface area (Å²) in [5.41, 5.74) is 18.0. The molecule has 0 spiro atoms. The molecule has 12 rings (SSSR count). The third-order valence-electron chi connectivity index (χ3n) is 12.0. The van der Waals surface area contributed by atoms with Crippen molar-refractivity contribution in [3.8, 4) is 44.8 Å². The lowest BCUT2D eigenvalue weighted by molar-refractivity contribution is 0.667. The molecule has 2 heteroatoms. The van der Waals surface area contributed by atoms with Crippen LogP contribution in [-0.4, -0.2) is 9.13 Å². The maximum absolute atomic E-state index is 2.61. The van der Waals surface area contributed by atoms with E-state index in [0.29, 0.717) is 0 Å². The van der Waals surface area contributed by atoms with Gasteiger partial charge in [-0.1, -0.05) is 141 Å². The fourth-order valence-electron chi connectivity index (χ4n) is 10.0. The van der Waals surface area contributed by atoms with Crippen molar-refractivity contribution in [1.82, 2.24) is 9.13 Å². The van der Waals surface area contributed by atoms with E-state index in [1.165, 1.54) is 110 Å². The molecule has 0 radical (unpaired) electrons. The van der Waals surface area contributed by atoms with Crippen molar-refractivity contribution in [3.63, 3.8) is 0 Å². The Hall–Kier alpha value is -6.38. The van der Waals surface area contributed by atoms with Crippen molar-refractivity contribution < 1.29 is 0 Å². The van der Waals surface area contributed by atoms with Crippen LogP contribution in [0.5, 0.6) is 0 Å². The zero-order chi connectivity index (χ0) is 33.6. The number of rotatable bonds is 2. The van der Waals surface area contributed by atoms with Crippen LogP contribution in [0.2, 0.25) is 0 Å². The van der Waals surface area contributed by atoms with Gasteiger partial charge in [0.1, 0.15) is 0 Å². The summed E-state index contributed by atoms with van der Waals surface area (Å²) in [5, 5.41) is 7.87. The average Bonchev–Trinajstić information content (AvgIpc) is 3.87. The van der Waals surface area contributed by atoms with Crippen LogP contribution in [0, 0.1) is 0 Å². The maximum atomic E-state index is 2.61. The zero-order valence-electron chi connectivity index (χ0n) is 28.4. The Morgan fingerprint density at radius 3 is 1.73 bits per heavy atom. The Labute approximate surface area is 295 Å². The van der Waals surface area contributed by atoms with Crippen molar-refractivity contribution in [3.05, 3.63) is 169 Å². The zero-order valence-corrected chi connectivity index (χ0v) is 28.4. The van der Waals surface area contributed by atoms with Gasteiger partial charge in [-0.2, -0.15) is 0 Å². The maximum Gasteiger partial charge on any atom is 0.0645 e. The second-order valence-corrected chi connectivity index (χ2v) is 14.8. The third-order valence-corrected chi connectivity index (χ3v) is 12.0. The minimum atomic E-state index is -0.213. The highest BCUT2D eigenvalue weighted by molar-refractivity contribution is 6.32. The summed E-state index contributed by atoms with van der Waals surface area (Å²) in [6, 6.07) is 58.7. The predicted molar refractivity (Wildman–Crippen MR) is 215 cm³/mol. The molecule has 238 valence electrons. The van der Waals surface area contributed by atoms with Gasteiger partial charge in [0.05, 0.1) is 27.8 Å². The molecule has 0 bridgehead atoms. The molecular formula is C49H32N2. The molecule has 2 aliphatic rings. The highest BCUT2D eigenvalue weighted by Gasteiger charge is 2.41. The van der Waals surface area contributed by atoms with Gasteiger partial charge in [-0.25, -0.2) is 0 Å². The van der Waals surface area contributed by atoms with E-state index in [1.54, 1.807) is 0 Å². The van der Waals surface area contributed by atoms with Crippen LogP contribution in [0.25, 0.3) is 99.1 Å². The van der Waals surface area contributed by atoms with Gasteiger partial charge in [0, 0.05) is 43.6 Å². The first kappa shape index (κ1) is 27.4. The topological polar surface area (TPSA) is 9.86 Å². The van der Waals surface area contributed by atoms with E-state index in [1.807, 2.05) is 0 Å². The number of fused-ring (bicyclic) bond motifs is 15. The quantitative estimate of drug-likeness (QED) is 0.177. The summed E-state index contributed by atoms with van der Waals surface area (Å²) < 4.78 is 5.15. The molecule has 2 nitrogen and oxygen atoms in total. The molecule has 0 aliphatic heterocycles. The van der Waals surface area contributed by atoms with E-state index in [4.69, 9.17) is 0 Å². The first-order valence-corrected chi connectivity index (χ1v) is 18.0. The number of hydrogen-bond donors (Lipinski definition) is 0. The molecule has 2 heterocycles. The molecule has 8 aromatic carbocycles. The van der Waals surface area contributed by atoms with Crippen LogP contribution < -0.4 is 0 Å². The Balaban J connectivity index is 1.37. The minimum absolute atomic E-state index is 0.213. The Bertz CT molecular complexity index is 3120. The van der Waals surface area contributed by atoms with Gasteiger partial charge in [-0.05, 0) is 74.7 Å². The van der Waals surface area contributed by atoms with Crippen LogP contribution in [0.1, 0.15) is 25.0 Å². The SMILES string of the molecule is CC1(C)c2ccccc2-c2c1c1c3ccccc3n(-c3ccc4c5c(cccc35)-c3ccccc3-4)c1c1c3ccccc3n(-c3ccccc3)c21. The second kappa shape index (κ2) is 9.44. The first-order chi connectivity index (χ1) is 25.1. The Morgan fingerprint density at radius 2 is 0.961 bits per heavy atom. The van der Waals surface area contributed by atoms with Crippen molar-refractivity contribution in [2.45, 2.75) is 19.3 Å². The van der Waals surface area contributed by atoms with Crippen molar-refractivity contribution in [1.29, 1.82) is 0 Å². The summed E-state index contributed by atoms with van der Waals surface area (Å²) in [4.78, 5) is 0. The van der Waals surface area contributed by atoms with Crippen LogP contribution in [0.4, 0.5) is 0 Å². The molecule has 0 N–H and O–H groups in total. The number of hydrogen-bond acceptors (Lipinski definition) is 0.